The number of hydrazine groups is 1. The van der Waals surface area contributed by atoms with Crippen LogP contribution in [0, 0.1) is 0 Å². The van der Waals surface area contributed by atoms with Crippen LogP contribution in [0.15, 0.2) is 60.4 Å². The van der Waals surface area contributed by atoms with E-state index in [1.165, 1.54) is 11.2 Å². The highest BCUT2D eigenvalue weighted by Crippen LogP contribution is 2.15. The molecular formula is C21H28FN5. The number of nitrogens with zero attached hydrogens (tertiary/aromatic N) is 1. The highest BCUT2D eigenvalue weighted by molar-refractivity contribution is 5.71. The molecule has 2 aromatic rings. The summed E-state index contributed by atoms with van der Waals surface area (Å²) in [6.45, 7) is 3.05. The first-order valence-corrected chi connectivity index (χ1v) is 9.00. The van der Waals surface area contributed by atoms with E-state index in [0.717, 1.165) is 29.0 Å². The van der Waals surface area contributed by atoms with Crippen molar-refractivity contribution in [1.29, 1.82) is 0 Å². The Morgan fingerprint density at radius 1 is 0.963 bits per heavy atom. The number of hydrogen-bond donors (Lipinski definition) is 4. The summed E-state index contributed by atoms with van der Waals surface area (Å²) in [4.78, 5) is 0. The fourth-order valence-corrected chi connectivity index (χ4v) is 2.45. The topological polar surface area (TPSA) is 79.3 Å². The molecule has 5 nitrogen and oxygen atoms in total. The van der Waals surface area contributed by atoms with Crippen LogP contribution < -0.4 is 22.2 Å². The van der Waals surface area contributed by atoms with Crippen molar-refractivity contribution in [2.75, 3.05) is 36.9 Å². The van der Waals surface area contributed by atoms with E-state index in [4.69, 9.17) is 11.6 Å². The molecule has 0 saturated heterocycles. The first kappa shape index (κ1) is 20.3. The number of alkyl halides is 1. The number of nitrogens with two attached hydrogens (primary N) is 2. The van der Waals surface area contributed by atoms with Gasteiger partial charge in [-0.1, -0.05) is 36.4 Å². The molecule has 0 heterocycles. The van der Waals surface area contributed by atoms with Crippen LogP contribution in [0.5, 0.6) is 0 Å². The maximum absolute atomic E-state index is 12.2. The SMILES string of the molecule is CCNc1ccc(/C=C/c2ccc(NC/C(N)=C/N(N)CCF)cc2)cc1. The number of hydrogen-bond acceptors (Lipinski definition) is 5. The monoisotopic (exact) mass is 369 g/mol. The molecule has 0 radical (unpaired) electrons. The first-order chi connectivity index (χ1) is 13.1. The van der Waals surface area contributed by atoms with Crippen molar-refractivity contribution in [2.24, 2.45) is 11.6 Å². The van der Waals surface area contributed by atoms with Gasteiger partial charge in [-0.25, -0.2) is 10.2 Å². The summed E-state index contributed by atoms with van der Waals surface area (Å²) in [5, 5.41) is 7.74. The lowest BCUT2D eigenvalue weighted by Crippen LogP contribution is -2.29. The Balaban J connectivity index is 1.87. The molecule has 0 aliphatic rings. The van der Waals surface area contributed by atoms with Crippen LogP contribution >= 0.6 is 0 Å². The average Bonchev–Trinajstić information content (AvgIpc) is 2.67. The van der Waals surface area contributed by atoms with E-state index < -0.39 is 6.67 Å². The lowest BCUT2D eigenvalue weighted by Gasteiger charge is -2.13. The first-order valence-electron chi connectivity index (χ1n) is 9.00. The Hall–Kier alpha value is -2.99. The summed E-state index contributed by atoms with van der Waals surface area (Å²) < 4.78 is 12.2. The van der Waals surface area contributed by atoms with Gasteiger partial charge in [-0.3, -0.25) is 0 Å². The van der Waals surface area contributed by atoms with Gasteiger partial charge >= 0.3 is 0 Å². The molecule has 6 N–H and O–H groups in total. The van der Waals surface area contributed by atoms with E-state index in [9.17, 15) is 4.39 Å². The smallest absolute Gasteiger partial charge is 0.108 e. The van der Waals surface area contributed by atoms with E-state index >= 15 is 0 Å². The van der Waals surface area contributed by atoms with Crippen LogP contribution in [0.3, 0.4) is 0 Å². The number of nitrogens with one attached hydrogen (secondary N) is 2. The van der Waals surface area contributed by atoms with Gasteiger partial charge in [0.15, 0.2) is 0 Å². The van der Waals surface area contributed by atoms with Crippen LogP contribution in [0.2, 0.25) is 0 Å². The van der Waals surface area contributed by atoms with E-state index in [2.05, 4.69) is 54.0 Å². The predicted molar refractivity (Wildman–Crippen MR) is 114 cm³/mol. The molecule has 0 bridgehead atoms. The van der Waals surface area contributed by atoms with Crippen molar-refractivity contribution < 1.29 is 4.39 Å². The maximum atomic E-state index is 12.2. The van der Waals surface area contributed by atoms with E-state index in [1.807, 2.05) is 24.3 Å². The second-order valence-corrected chi connectivity index (χ2v) is 6.09. The molecule has 0 amide bonds. The molecule has 0 aliphatic carbocycles. The summed E-state index contributed by atoms with van der Waals surface area (Å²) in [5.41, 5.74) is 10.7. The number of anilines is 2. The highest BCUT2D eigenvalue weighted by Gasteiger charge is 1.97. The quantitative estimate of drug-likeness (QED) is 0.292. The molecule has 0 unspecified atom stereocenters. The number of benzene rings is 2. The fourth-order valence-electron chi connectivity index (χ4n) is 2.45. The molecule has 2 aromatic carbocycles. The van der Waals surface area contributed by atoms with Crippen LogP contribution in [-0.4, -0.2) is 31.3 Å². The van der Waals surface area contributed by atoms with Crippen molar-refractivity contribution in [3.8, 4) is 0 Å². The van der Waals surface area contributed by atoms with Crippen LogP contribution in [0.1, 0.15) is 18.1 Å². The zero-order valence-corrected chi connectivity index (χ0v) is 15.7. The Labute approximate surface area is 160 Å². The third-order valence-electron chi connectivity index (χ3n) is 3.84. The normalized spacial score (nSPS) is 11.6. The predicted octanol–water partition coefficient (Wildman–Crippen LogP) is 3.65. The Morgan fingerprint density at radius 3 is 1.96 bits per heavy atom. The van der Waals surface area contributed by atoms with Gasteiger partial charge in [-0.05, 0) is 42.3 Å². The Bertz CT molecular complexity index is 738. The highest BCUT2D eigenvalue weighted by atomic mass is 19.1. The van der Waals surface area contributed by atoms with Crippen LogP contribution in [0.25, 0.3) is 12.2 Å². The number of halogens is 1. The minimum absolute atomic E-state index is 0.125. The molecule has 0 aliphatic heterocycles. The van der Waals surface area contributed by atoms with Gasteiger partial charge in [0.1, 0.15) is 6.67 Å². The molecule has 2 rings (SSSR count). The Morgan fingerprint density at radius 2 is 1.48 bits per heavy atom. The van der Waals surface area contributed by atoms with Crippen molar-refractivity contribution >= 4 is 23.5 Å². The molecule has 6 heteroatoms. The van der Waals surface area contributed by atoms with E-state index in [0.29, 0.717) is 12.2 Å². The van der Waals surface area contributed by atoms with Gasteiger partial charge in [-0.2, -0.15) is 0 Å². The second kappa shape index (κ2) is 10.9. The third kappa shape index (κ3) is 7.42. The molecule has 0 aromatic heterocycles. The minimum Gasteiger partial charge on any atom is -0.399 e. The molecule has 0 atom stereocenters. The fraction of sp³-hybridized carbons (Fsp3) is 0.238. The van der Waals surface area contributed by atoms with Crippen molar-refractivity contribution in [3.63, 3.8) is 0 Å². The van der Waals surface area contributed by atoms with Crippen molar-refractivity contribution in [3.05, 3.63) is 71.6 Å². The van der Waals surface area contributed by atoms with Gasteiger partial charge in [0, 0.05) is 29.8 Å². The average molecular weight is 369 g/mol. The third-order valence-corrected chi connectivity index (χ3v) is 3.84. The van der Waals surface area contributed by atoms with Gasteiger partial charge in [-0.15, -0.1) is 0 Å². The summed E-state index contributed by atoms with van der Waals surface area (Å²) in [6.07, 6.45) is 5.69. The van der Waals surface area contributed by atoms with Crippen molar-refractivity contribution in [2.45, 2.75) is 6.92 Å². The molecule has 27 heavy (non-hydrogen) atoms. The molecule has 0 spiro atoms. The zero-order chi connectivity index (χ0) is 19.5. The molecular weight excluding hydrogens is 341 g/mol. The Kier molecular flexibility index (Phi) is 8.19. The van der Waals surface area contributed by atoms with Crippen LogP contribution in [-0.2, 0) is 0 Å². The van der Waals surface area contributed by atoms with E-state index in [-0.39, 0.29) is 6.54 Å². The lowest BCUT2D eigenvalue weighted by atomic mass is 10.1. The minimum atomic E-state index is -0.511. The van der Waals surface area contributed by atoms with Crippen LogP contribution in [0.4, 0.5) is 15.8 Å². The van der Waals surface area contributed by atoms with Gasteiger partial charge in [0.05, 0.1) is 13.1 Å². The van der Waals surface area contributed by atoms with Gasteiger partial charge < -0.3 is 21.4 Å². The van der Waals surface area contributed by atoms with Crippen molar-refractivity contribution in [1.82, 2.24) is 5.01 Å². The van der Waals surface area contributed by atoms with E-state index in [1.54, 1.807) is 0 Å². The molecule has 144 valence electrons. The molecule has 0 saturated carbocycles. The maximum Gasteiger partial charge on any atom is 0.108 e. The number of rotatable bonds is 10. The largest absolute Gasteiger partial charge is 0.399 e. The lowest BCUT2D eigenvalue weighted by molar-refractivity contribution is 0.333. The van der Waals surface area contributed by atoms with Gasteiger partial charge in [0.25, 0.3) is 0 Å². The summed E-state index contributed by atoms with van der Waals surface area (Å²) in [6, 6.07) is 16.4. The standard InChI is InChI=1S/C21H28FN5/c1-2-25-20-9-5-17(6-10-20)3-4-18-7-11-21(12-8-18)26-15-19(23)16-27(24)14-13-22/h3-12,16,25-26H,2,13-15,23-24H2,1H3/b4-3+,19-16-. The second-order valence-electron chi connectivity index (χ2n) is 6.09. The summed E-state index contributed by atoms with van der Waals surface area (Å²) >= 11 is 0. The summed E-state index contributed by atoms with van der Waals surface area (Å²) in [7, 11) is 0. The zero-order valence-electron chi connectivity index (χ0n) is 15.7. The summed E-state index contributed by atoms with van der Waals surface area (Å²) in [5.74, 6) is 5.58. The van der Waals surface area contributed by atoms with Gasteiger partial charge in [0.2, 0.25) is 0 Å². The molecule has 0 fully saturated rings.